The number of hydrogen-bond acceptors (Lipinski definition) is 8. The van der Waals surface area contributed by atoms with Crippen LogP contribution in [0.15, 0.2) is 18.2 Å². The number of nitrogens with zero attached hydrogens (tertiary/aromatic N) is 2. The number of rotatable bonds is 5. The van der Waals surface area contributed by atoms with Crippen LogP contribution in [0.1, 0.15) is 12.5 Å². The molecular weight excluding hydrogens is 300 g/mol. The minimum Gasteiger partial charge on any atom is -0.468 e. The molecule has 0 amide bonds. The van der Waals surface area contributed by atoms with Crippen molar-refractivity contribution in [1.29, 1.82) is 0 Å². The van der Waals surface area contributed by atoms with Crippen molar-refractivity contribution in [3.63, 3.8) is 0 Å². The van der Waals surface area contributed by atoms with Gasteiger partial charge in [0.2, 0.25) is 0 Å². The molecule has 0 aliphatic rings. The zero-order valence-electron chi connectivity index (χ0n) is 11.9. The van der Waals surface area contributed by atoms with Crippen LogP contribution < -0.4 is 0 Å². The molecule has 0 spiro atoms. The fraction of sp³-hybridized carbons (Fsp3) is 0.333. The number of esters is 2. The van der Waals surface area contributed by atoms with Crippen LogP contribution in [0.25, 0.3) is 0 Å². The molecule has 0 saturated carbocycles. The molecule has 10 nitrogen and oxygen atoms in total. The Morgan fingerprint density at radius 1 is 1.05 bits per heavy atom. The quantitative estimate of drug-likeness (QED) is 0.341. The van der Waals surface area contributed by atoms with Crippen molar-refractivity contribution in [3.05, 3.63) is 44.0 Å². The first-order valence-corrected chi connectivity index (χ1v) is 5.80. The first-order valence-electron chi connectivity index (χ1n) is 5.80. The van der Waals surface area contributed by atoms with E-state index >= 15 is 0 Å². The van der Waals surface area contributed by atoms with Gasteiger partial charge in [-0.05, 0) is 13.0 Å². The molecule has 0 aliphatic heterocycles. The van der Waals surface area contributed by atoms with Crippen LogP contribution in [-0.4, -0.2) is 36.0 Å². The standard InChI is InChI=1S/C12H12N2O8/c1-12(10(15)21-2,11(16)22-3)8-5-4-7(13(17)18)6-9(8)14(19)20/h4-6H,1-3H3. The largest absolute Gasteiger partial charge is 0.468 e. The minimum absolute atomic E-state index is 0.359. The fourth-order valence-electron chi connectivity index (χ4n) is 1.92. The van der Waals surface area contributed by atoms with Crippen LogP contribution in [0.5, 0.6) is 0 Å². The van der Waals surface area contributed by atoms with Crippen molar-refractivity contribution in [2.24, 2.45) is 0 Å². The summed E-state index contributed by atoms with van der Waals surface area (Å²) in [6.07, 6.45) is 0. The smallest absolute Gasteiger partial charge is 0.327 e. The van der Waals surface area contributed by atoms with Crippen molar-refractivity contribution >= 4 is 23.3 Å². The number of carbonyl (C=O) groups is 2. The molecule has 1 aromatic carbocycles. The highest BCUT2D eigenvalue weighted by Gasteiger charge is 2.49. The van der Waals surface area contributed by atoms with E-state index in [-0.39, 0.29) is 5.56 Å². The lowest BCUT2D eigenvalue weighted by molar-refractivity contribution is -0.394. The van der Waals surface area contributed by atoms with Crippen LogP contribution >= 0.6 is 0 Å². The number of nitro groups is 2. The first-order chi connectivity index (χ1) is 10.2. The van der Waals surface area contributed by atoms with Gasteiger partial charge in [0, 0.05) is 6.07 Å². The predicted octanol–water partition coefficient (Wildman–Crippen LogP) is 1.11. The first kappa shape index (κ1) is 17.0. The molecule has 1 aromatic rings. The van der Waals surface area contributed by atoms with Crippen LogP contribution in [0.3, 0.4) is 0 Å². The Labute approximate surface area is 123 Å². The van der Waals surface area contributed by atoms with Gasteiger partial charge < -0.3 is 9.47 Å². The summed E-state index contributed by atoms with van der Waals surface area (Å²) in [4.78, 5) is 44.0. The van der Waals surface area contributed by atoms with Gasteiger partial charge in [-0.25, -0.2) is 0 Å². The molecule has 0 fully saturated rings. The molecule has 0 unspecified atom stereocenters. The average molecular weight is 312 g/mol. The predicted molar refractivity (Wildman–Crippen MR) is 71.1 cm³/mol. The molecule has 118 valence electrons. The van der Waals surface area contributed by atoms with E-state index in [2.05, 4.69) is 9.47 Å². The van der Waals surface area contributed by atoms with E-state index in [1.807, 2.05) is 0 Å². The van der Waals surface area contributed by atoms with E-state index in [4.69, 9.17) is 0 Å². The van der Waals surface area contributed by atoms with Crippen LogP contribution in [-0.2, 0) is 24.5 Å². The van der Waals surface area contributed by atoms with Gasteiger partial charge in [-0.3, -0.25) is 29.8 Å². The molecule has 0 aromatic heterocycles. The third kappa shape index (κ3) is 2.71. The molecule has 1 rings (SSSR count). The minimum atomic E-state index is -2.12. The highest BCUT2D eigenvalue weighted by atomic mass is 16.6. The Kier molecular flexibility index (Phi) is 4.76. The van der Waals surface area contributed by atoms with E-state index in [1.165, 1.54) is 0 Å². The lowest BCUT2D eigenvalue weighted by Crippen LogP contribution is -2.43. The van der Waals surface area contributed by atoms with E-state index in [1.54, 1.807) is 0 Å². The topological polar surface area (TPSA) is 139 Å². The number of ether oxygens (including phenoxy) is 2. The molecule has 0 atom stereocenters. The van der Waals surface area contributed by atoms with Gasteiger partial charge in [0.15, 0.2) is 5.41 Å². The Bertz CT molecular complexity index is 639. The van der Waals surface area contributed by atoms with Crippen molar-refractivity contribution in [3.8, 4) is 0 Å². The van der Waals surface area contributed by atoms with E-state index in [0.29, 0.717) is 6.07 Å². The van der Waals surface area contributed by atoms with Gasteiger partial charge in [0.25, 0.3) is 11.4 Å². The van der Waals surface area contributed by atoms with E-state index < -0.39 is 38.6 Å². The summed E-state index contributed by atoms with van der Waals surface area (Å²) < 4.78 is 9.02. The van der Waals surface area contributed by atoms with Crippen LogP contribution in [0.2, 0.25) is 0 Å². The average Bonchev–Trinajstić information content (AvgIpc) is 2.51. The van der Waals surface area contributed by atoms with Gasteiger partial charge in [0.1, 0.15) is 0 Å². The number of hydrogen-bond donors (Lipinski definition) is 0. The number of benzene rings is 1. The van der Waals surface area contributed by atoms with Crippen molar-refractivity contribution in [2.45, 2.75) is 12.3 Å². The molecular formula is C12H12N2O8. The SMILES string of the molecule is COC(=O)C(C)(C(=O)OC)c1ccc([N+](=O)[O-])cc1[N+](=O)[O-]. The third-order valence-corrected chi connectivity index (χ3v) is 3.11. The van der Waals surface area contributed by atoms with Crippen LogP contribution in [0, 0.1) is 20.2 Å². The van der Waals surface area contributed by atoms with Gasteiger partial charge >= 0.3 is 11.9 Å². The number of methoxy groups -OCH3 is 2. The Hall–Kier alpha value is -3.04. The number of nitro benzene ring substituents is 2. The fourth-order valence-corrected chi connectivity index (χ4v) is 1.92. The van der Waals surface area contributed by atoms with E-state index in [0.717, 1.165) is 33.3 Å². The lowest BCUT2D eigenvalue weighted by Gasteiger charge is -2.23. The normalized spacial score (nSPS) is 10.7. The molecule has 0 N–H and O–H groups in total. The van der Waals surface area contributed by atoms with Gasteiger partial charge in [-0.15, -0.1) is 0 Å². The van der Waals surface area contributed by atoms with Crippen molar-refractivity contribution in [1.82, 2.24) is 0 Å². The lowest BCUT2D eigenvalue weighted by atomic mass is 9.81. The summed E-state index contributed by atoms with van der Waals surface area (Å²) in [6, 6.07) is 2.58. The molecule has 0 saturated heterocycles. The second-order valence-electron chi connectivity index (χ2n) is 4.32. The summed E-state index contributed by atoms with van der Waals surface area (Å²) in [6.45, 7) is 1.08. The molecule has 22 heavy (non-hydrogen) atoms. The second kappa shape index (κ2) is 6.16. The monoisotopic (exact) mass is 312 g/mol. The highest BCUT2D eigenvalue weighted by Crippen LogP contribution is 2.36. The van der Waals surface area contributed by atoms with Gasteiger partial charge in [0.05, 0.1) is 35.7 Å². The maximum absolute atomic E-state index is 11.9. The summed E-state index contributed by atoms with van der Waals surface area (Å²) in [5, 5.41) is 21.9. The summed E-state index contributed by atoms with van der Waals surface area (Å²) in [7, 11) is 2.00. The highest BCUT2D eigenvalue weighted by molar-refractivity contribution is 6.06. The maximum atomic E-state index is 11.9. The van der Waals surface area contributed by atoms with Crippen LogP contribution in [0.4, 0.5) is 11.4 Å². The van der Waals surface area contributed by atoms with E-state index in [9.17, 15) is 29.8 Å². The molecule has 10 heteroatoms. The van der Waals surface area contributed by atoms with Gasteiger partial charge in [-0.2, -0.15) is 0 Å². The zero-order valence-corrected chi connectivity index (χ0v) is 11.9. The molecule has 0 radical (unpaired) electrons. The summed E-state index contributed by atoms with van der Waals surface area (Å²) >= 11 is 0. The number of non-ortho nitro benzene ring substituents is 1. The Morgan fingerprint density at radius 3 is 1.91 bits per heavy atom. The van der Waals surface area contributed by atoms with Gasteiger partial charge in [-0.1, -0.05) is 0 Å². The molecule has 0 bridgehead atoms. The van der Waals surface area contributed by atoms with Crippen molar-refractivity contribution < 1.29 is 28.9 Å². The molecule has 0 heterocycles. The van der Waals surface area contributed by atoms with Crippen molar-refractivity contribution in [2.75, 3.05) is 14.2 Å². The summed E-state index contributed by atoms with van der Waals surface area (Å²) in [5.74, 6) is -2.17. The number of carbonyl (C=O) groups excluding carboxylic acids is 2. The zero-order chi connectivity index (χ0) is 17.1. The maximum Gasteiger partial charge on any atom is 0.327 e. The Balaban J connectivity index is 3.69. The molecule has 0 aliphatic carbocycles. The third-order valence-electron chi connectivity index (χ3n) is 3.11. The second-order valence-corrected chi connectivity index (χ2v) is 4.32. The summed E-state index contributed by atoms with van der Waals surface area (Å²) in [5.41, 5.74) is -3.79. The Morgan fingerprint density at radius 2 is 1.55 bits per heavy atom.